The van der Waals surface area contributed by atoms with E-state index < -0.39 is 10.0 Å². The maximum atomic E-state index is 11.7. The third-order valence-corrected chi connectivity index (χ3v) is 5.10. The van der Waals surface area contributed by atoms with Crippen LogP contribution in [-0.2, 0) is 30.0 Å². The standard InChI is InChI=1S/C16H23N5O2S/c1-20-11-14(10-18-20)9-16-15(19-24(2,22)23)5-8-21(16)12-13-3-6-17-7-4-13/h3-4,6-7,10-11,15-16,19H,5,8-9,12H2,1-2H3/t15-,16+/m0/s1. The summed E-state index contributed by atoms with van der Waals surface area (Å²) in [6.45, 7) is 1.65. The number of nitrogens with zero attached hydrogens (tertiary/aromatic N) is 4. The maximum Gasteiger partial charge on any atom is 0.209 e. The Labute approximate surface area is 142 Å². The molecular weight excluding hydrogens is 326 g/mol. The van der Waals surface area contributed by atoms with Crippen LogP contribution < -0.4 is 4.72 Å². The highest BCUT2D eigenvalue weighted by Crippen LogP contribution is 2.24. The molecule has 0 spiro atoms. The van der Waals surface area contributed by atoms with Crippen LogP contribution in [0, 0.1) is 0 Å². The fourth-order valence-corrected chi connectivity index (χ4v) is 4.16. The topological polar surface area (TPSA) is 80.1 Å². The van der Waals surface area contributed by atoms with Crippen LogP contribution >= 0.6 is 0 Å². The first-order valence-corrected chi connectivity index (χ1v) is 9.87. The van der Waals surface area contributed by atoms with Gasteiger partial charge in [-0.1, -0.05) is 0 Å². The molecule has 1 saturated heterocycles. The fourth-order valence-electron chi connectivity index (χ4n) is 3.34. The van der Waals surface area contributed by atoms with Crippen LogP contribution in [0.15, 0.2) is 36.9 Å². The quantitative estimate of drug-likeness (QED) is 0.824. The molecular formula is C16H23N5O2S. The molecule has 0 aromatic carbocycles. The smallest absolute Gasteiger partial charge is 0.209 e. The van der Waals surface area contributed by atoms with E-state index in [0.29, 0.717) is 0 Å². The summed E-state index contributed by atoms with van der Waals surface area (Å²) in [6, 6.07) is 4.02. The summed E-state index contributed by atoms with van der Waals surface area (Å²) >= 11 is 0. The van der Waals surface area contributed by atoms with Crippen LogP contribution in [0.1, 0.15) is 17.5 Å². The van der Waals surface area contributed by atoms with Gasteiger partial charge in [0, 0.05) is 50.8 Å². The van der Waals surface area contributed by atoms with E-state index in [0.717, 1.165) is 31.5 Å². The summed E-state index contributed by atoms with van der Waals surface area (Å²) < 4.78 is 28.0. The first kappa shape index (κ1) is 17.1. The number of rotatable bonds is 6. The summed E-state index contributed by atoms with van der Waals surface area (Å²) in [5.41, 5.74) is 2.30. The van der Waals surface area contributed by atoms with E-state index in [-0.39, 0.29) is 12.1 Å². The number of aromatic nitrogens is 3. The van der Waals surface area contributed by atoms with Crippen molar-refractivity contribution in [2.24, 2.45) is 7.05 Å². The molecule has 2 aromatic heterocycles. The monoisotopic (exact) mass is 349 g/mol. The molecule has 1 aliphatic heterocycles. The lowest BCUT2D eigenvalue weighted by Gasteiger charge is -2.28. The van der Waals surface area contributed by atoms with E-state index in [1.807, 2.05) is 31.6 Å². The molecule has 3 heterocycles. The molecule has 0 aliphatic carbocycles. The van der Waals surface area contributed by atoms with Crippen LogP contribution in [0.2, 0.25) is 0 Å². The molecule has 24 heavy (non-hydrogen) atoms. The number of hydrogen-bond donors (Lipinski definition) is 1. The van der Waals surface area contributed by atoms with E-state index in [1.165, 1.54) is 11.8 Å². The SMILES string of the molecule is Cn1cc(C[C@@H]2[C@@H](NS(C)(=O)=O)CCN2Cc2ccncc2)cn1. The van der Waals surface area contributed by atoms with Gasteiger partial charge >= 0.3 is 0 Å². The highest BCUT2D eigenvalue weighted by molar-refractivity contribution is 7.88. The summed E-state index contributed by atoms with van der Waals surface area (Å²) in [6.07, 6.45) is 10.2. The van der Waals surface area contributed by atoms with Crippen LogP contribution in [0.4, 0.5) is 0 Å². The van der Waals surface area contributed by atoms with Gasteiger partial charge in [-0.25, -0.2) is 13.1 Å². The average Bonchev–Trinajstić information content (AvgIpc) is 3.07. The second-order valence-corrected chi connectivity index (χ2v) is 8.18. The van der Waals surface area contributed by atoms with Crippen molar-refractivity contribution in [2.75, 3.05) is 12.8 Å². The Morgan fingerprint density at radius 1 is 1.29 bits per heavy atom. The van der Waals surface area contributed by atoms with Gasteiger partial charge in [-0.05, 0) is 36.1 Å². The number of pyridine rings is 1. The third-order valence-electron chi connectivity index (χ3n) is 4.36. The van der Waals surface area contributed by atoms with E-state index in [1.54, 1.807) is 17.1 Å². The average molecular weight is 349 g/mol. The second kappa shape index (κ2) is 7.00. The Kier molecular flexibility index (Phi) is 4.98. The van der Waals surface area contributed by atoms with Gasteiger partial charge in [0.1, 0.15) is 0 Å². The molecule has 0 bridgehead atoms. The molecule has 2 aromatic rings. The molecule has 7 nitrogen and oxygen atoms in total. The number of nitrogens with one attached hydrogen (secondary N) is 1. The molecule has 1 N–H and O–H groups in total. The van der Waals surface area contributed by atoms with Crippen molar-refractivity contribution >= 4 is 10.0 Å². The van der Waals surface area contributed by atoms with Crippen LogP contribution in [-0.4, -0.2) is 53.0 Å². The highest BCUT2D eigenvalue weighted by atomic mass is 32.2. The van der Waals surface area contributed by atoms with Crippen molar-refractivity contribution in [1.29, 1.82) is 0 Å². The summed E-state index contributed by atoms with van der Waals surface area (Å²) in [5, 5.41) is 4.22. The van der Waals surface area contributed by atoms with Gasteiger partial charge in [0.25, 0.3) is 0 Å². The lowest BCUT2D eigenvalue weighted by Crippen LogP contribution is -2.45. The van der Waals surface area contributed by atoms with E-state index in [9.17, 15) is 8.42 Å². The largest absolute Gasteiger partial charge is 0.294 e. The molecule has 0 unspecified atom stereocenters. The van der Waals surface area contributed by atoms with Crippen molar-refractivity contribution in [2.45, 2.75) is 31.5 Å². The van der Waals surface area contributed by atoms with Crippen molar-refractivity contribution in [3.8, 4) is 0 Å². The number of sulfonamides is 1. The van der Waals surface area contributed by atoms with Gasteiger partial charge in [-0.2, -0.15) is 5.10 Å². The van der Waals surface area contributed by atoms with Crippen LogP contribution in [0.25, 0.3) is 0 Å². The Balaban J connectivity index is 1.78. The van der Waals surface area contributed by atoms with Gasteiger partial charge in [0.15, 0.2) is 0 Å². The Morgan fingerprint density at radius 2 is 2.04 bits per heavy atom. The van der Waals surface area contributed by atoms with Crippen molar-refractivity contribution in [3.05, 3.63) is 48.0 Å². The number of hydrogen-bond acceptors (Lipinski definition) is 5. The number of aryl methyl sites for hydroxylation is 1. The third kappa shape index (κ3) is 4.40. The van der Waals surface area contributed by atoms with E-state index >= 15 is 0 Å². The second-order valence-electron chi connectivity index (χ2n) is 6.40. The molecule has 2 atom stereocenters. The Morgan fingerprint density at radius 3 is 2.67 bits per heavy atom. The fraction of sp³-hybridized carbons (Fsp3) is 0.500. The first-order valence-electron chi connectivity index (χ1n) is 7.98. The van der Waals surface area contributed by atoms with Gasteiger partial charge in [-0.15, -0.1) is 0 Å². The predicted octanol–water partition coefficient (Wildman–Crippen LogP) is 0.550. The minimum Gasteiger partial charge on any atom is -0.294 e. The molecule has 1 fully saturated rings. The van der Waals surface area contributed by atoms with Gasteiger partial charge in [0.2, 0.25) is 10.0 Å². The van der Waals surface area contributed by atoms with Crippen molar-refractivity contribution in [3.63, 3.8) is 0 Å². The van der Waals surface area contributed by atoms with Gasteiger partial charge < -0.3 is 0 Å². The lowest BCUT2D eigenvalue weighted by molar-refractivity contribution is 0.231. The first-order chi connectivity index (χ1) is 11.4. The molecule has 8 heteroatoms. The normalized spacial score (nSPS) is 22.1. The van der Waals surface area contributed by atoms with Gasteiger partial charge in [-0.3, -0.25) is 14.6 Å². The van der Waals surface area contributed by atoms with E-state index in [2.05, 4.69) is 19.7 Å². The van der Waals surface area contributed by atoms with Crippen LogP contribution in [0.3, 0.4) is 0 Å². The molecule has 0 radical (unpaired) electrons. The summed E-state index contributed by atoms with van der Waals surface area (Å²) in [5.74, 6) is 0. The predicted molar refractivity (Wildman–Crippen MR) is 91.7 cm³/mol. The lowest BCUT2D eigenvalue weighted by atomic mass is 10.0. The molecule has 130 valence electrons. The highest BCUT2D eigenvalue weighted by Gasteiger charge is 2.35. The minimum atomic E-state index is -3.23. The molecule has 0 amide bonds. The Bertz CT molecular complexity index is 775. The van der Waals surface area contributed by atoms with E-state index in [4.69, 9.17) is 0 Å². The molecule has 0 saturated carbocycles. The zero-order valence-electron chi connectivity index (χ0n) is 14.0. The van der Waals surface area contributed by atoms with Gasteiger partial charge in [0.05, 0.1) is 12.5 Å². The summed E-state index contributed by atoms with van der Waals surface area (Å²) in [7, 11) is -1.34. The molecule has 1 aliphatic rings. The minimum absolute atomic E-state index is 0.0814. The Hall–Kier alpha value is -1.77. The molecule has 3 rings (SSSR count). The number of likely N-dealkylation sites (tertiary alicyclic amines) is 1. The zero-order chi connectivity index (χ0) is 17.2. The van der Waals surface area contributed by atoms with Crippen LogP contribution in [0.5, 0.6) is 0 Å². The zero-order valence-corrected chi connectivity index (χ0v) is 14.8. The van der Waals surface area contributed by atoms with Crippen molar-refractivity contribution < 1.29 is 8.42 Å². The summed E-state index contributed by atoms with van der Waals surface area (Å²) in [4.78, 5) is 6.39. The van der Waals surface area contributed by atoms with Crippen molar-refractivity contribution in [1.82, 2.24) is 24.4 Å². The maximum absolute atomic E-state index is 11.7.